The standard InChI is InChI=1S/C16H34.AtH/c1-3-5-7-9-11-13-15-16-14-12-10-8-6-4-2;/h3-16H2,1-2H3;1H. The van der Waals surface area contributed by atoms with Crippen molar-refractivity contribution in [2.24, 2.45) is 0 Å². The van der Waals surface area contributed by atoms with Crippen LogP contribution in [0.5, 0.6) is 0 Å². The quantitative estimate of drug-likeness (QED) is 0.300. The molecule has 0 spiro atoms. The maximum absolute atomic E-state index is 2.29. The zero-order valence-electron chi connectivity index (χ0n) is 12.3. The molecule has 0 saturated carbocycles. The molecule has 0 nitrogen and oxygen atoms in total. The average Bonchev–Trinajstić information content (AvgIpc) is 2.31. The number of hydrogen-bond donors (Lipinski definition) is 0. The van der Waals surface area contributed by atoms with Crippen LogP contribution in [0.1, 0.15) is 104 Å². The summed E-state index contributed by atoms with van der Waals surface area (Å²) in [5, 5.41) is 0. The Balaban J connectivity index is 0. The number of hydrogen-bond acceptors (Lipinski definition) is 0. The van der Waals surface area contributed by atoms with E-state index >= 15 is 0 Å². The van der Waals surface area contributed by atoms with Gasteiger partial charge < -0.3 is 0 Å². The molecule has 0 fully saturated rings. The fraction of sp³-hybridized carbons (Fsp3) is 1.00. The topological polar surface area (TPSA) is 0 Å². The van der Waals surface area contributed by atoms with Gasteiger partial charge in [0.05, 0.1) is 0 Å². The molecule has 0 N–H and O–H groups in total. The molecule has 17 heavy (non-hydrogen) atoms. The van der Waals surface area contributed by atoms with Crippen molar-refractivity contribution in [1.82, 2.24) is 0 Å². The minimum atomic E-state index is 0. The van der Waals surface area contributed by atoms with Crippen LogP contribution in [0.3, 0.4) is 0 Å². The van der Waals surface area contributed by atoms with Gasteiger partial charge in [0.2, 0.25) is 0 Å². The molecule has 0 aromatic heterocycles. The monoisotopic (exact) mass is 437 g/mol. The van der Waals surface area contributed by atoms with E-state index < -0.39 is 0 Å². The summed E-state index contributed by atoms with van der Waals surface area (Å²) in [5.74, 6) is 0. The molecule has 0 amide bonds. The second-order valence-electron chi connectivity index (χ2n) is 5.24. The van der Waals surface area contributed by atoms with E-state index in [2.05, 4.69) is 13.8 Å². The summed E-state index contributed by atoms with van der Waals surface area (Å²) < 4.78 is 0. The van der Waals surface area contributed by atoms with Crippen molar-refractivity contribution < 1.29 is 26.2 Å². The molecule has 0 saturated heterocycles. The second kappa shape index (κ2) is 19.2. The van der Waals surface area contributed by atoms with Crippen LogP contribution in [0, 0.1) is 26.2 Å². The van der Waals surface area contributed by atoms with Gasteiger partial charge in [0, 0.05) is 0 Å². The van der Waals surface area contributed by atoms with Crippen LogP contribution in [0.15, 0.2) is 0 Å². The van der Waals surface area contributed by atoms with Crippen molar-refractivity contribution >= 4 is 0 Å². The molecule has 0 aromatic carbocycles. The minimum absolute atomic E-state index is 0. The van der Waals surface area contributed by atoms with Crippen LogP contribution in [-0.4, -0.2) is 0 Å². The molecule has 0 rings (SSSR count). The van der Waals surface area contributed by atoms with Crippen LogP contribution >= 0.6 is 0 Å². The molecule has 0 aliphatic rings. The van der Waals surface area contributed by atoms with Crippen LogP contribution < -0.4 is 0 Å². The van der Waals surface area contributed by atoms with Gasteiger partial charge in [0.15, 0.2) is 0 Å². The van der Waals surface area contributed by atoms with Gasteiger partial charge in [-0.15, -0.1) is 0 Å². The first-order valence-electron chi connectivity index (χ1n) is 7.91. The SMILES string of the molecule is CCCCCCCCCCCCCCCC.[AtH]. The van der Waals surface area contributed by atoms with Gasteiger partial charge in [-0.1, -0.05) is 104 Å². The van der Waals surface area contributed by atoms with Crippen LogP contribution in [0.4, 0.5) is 0 Å². The Morgan fingerprint density at radius 2 is 0.529 bits per heavy atom. The van der Waals surface area contributed by atoms with E-state index in [1.165, 1.54) is 89.9 Å². The Morgan fingerprint density at radius 3 is 0.706 bits per heavy atom. The number of rotatable bonds is 13. The Hall–Kier alpha value is 0.883. The molecule has 0 heterocycles. The zero-order chi connectivity index (χ0) is 11.9. The van der Waals surface area contributed by atoms with Crippen molar-refractivity contribution in [3.8, 4) is 0 Å². The van der Waals surface area contributed by atoms with Gasteiger partial charge in [-0.25, -0.2) is 0 Å². The van der Waals surface area contributed by atoms with Crippen LogP contribution in [0.25, 0.3) is 0 Å². The Morgan fingerprint density at radius 1 is 0.353 bits per heavy atom. The van der Waals surface area contributed by atoms with Crippen molar-refractivity contribution in [1.29, 1.82) is 0 Å². The van der Waals surface area contributed by atoms with E-state index in [1.54, 1.807) is 0 Å². The third-order valence-corrected chi connectivity index (χ3v) is 3.46. The van der Waals surface area contributed by atoms with Crippen molar-refractivity contribution in [3.63, 3.8) is 0 Å². The normalized spacial score (nSPS) is 10.2. The summed E-state index contributed by atoms with van der Waals surface area (Å²) in [7, 11) is 0. The second-order valence-corrected chi connectivity index (χ2v) is 5.24. The van der Waals surface area contributed by atoms with Gasteiger partial charge >= 0.3 is 26.2 Å². The molecule has 1 heteroatoms. The molecular formula is C16H35At. The first kappa shape index (κ1) is 20.2. The first-order chi connectivity index (χ1) is 7.91. The molecule has 0 bridgehead atoms. The molecule has 0 atom stereocenters. The van der Waals surface area contributed by atoms with Gasteiger partial charge in [0.1, 0.15) is 0 Å². The van der Waals surface area contributed by atoms with E-state index in [0.29, 0.717) is 0 Å². The van der Waals surface area contributed by atoms with Crippen molar-refractivity contribution in [2.45, 2.75) is 104 Å². The third-order valence-electron chi connectivity index (χ3n) is 3.46. The summed E-state index contributed by atoms with van der Waals surface area (Å²) in [4.78, 5) is 0. The molecule has 0 aliphatic carbocycles. The van der Waals surface area contributed by atoms with Crippen molar-refractivity contribution in [2.75, 3.05) is 0 Å². The van der Waals surface area contributed by atoms with E-state index in [4.69, 9.17) is 0 Å². The predicted octanol–water partition coefficient (Wildman–Crippen LogP) is 6.22. The van der Waals surface area contributed by atoms with Gasteiger partial charge in [-0.3, -0.25) is 0 Å². The molecular weight excluding hydrogens is 402 g/mol. The van der Waals surface area contributed by atoms with E-state index in [-0.39, 0.29) is 26.2 Å². The number of unbranched alkanes of at least 4 members (excludes halogenated alkanes) is 13. The van der Waals surface area contributed by atoms with Gasteiger partial charge in [-0.2, -0.15) is 0 Å². The van der Waals surface area contributed by atoms with E-state index in [9.17, 15) is 0 Å². The summed E-state index contributed by atoms with van der Waals surface area (Å²) in [6.45, 7) is 4.58. The first-order valence-corrected chi connectivity index (χ1v) is 7.91. The fourth-order valence-electron chi connectivity index (χ4n) is 2.27. The van der Waals surface area contributed by atoms with E-state index in [0.717, 1.165) is 0 Å². The Kier molecular flexibility index (Phi) is 22.9. The Bertz CT molecular complexity index is 98.1. The predicted molar refractivity (Wildman–Crippen MR) is 77.4 cm³/mol. The molecule has 0 unspecified atom stereocenters. The zero-order valence-corrected chi connectivity index (χ0v) is 15.5. The van der Waals surface area contributed by atoms with Gasteiger partial charge in [-0.05, 0) is 0 Å². The molecule has 0 radical (unpaired) electrons. The van der Waals surface area contributed by atoms with Crippen LogP contribution in [0.2, 0.25) is 0 Å². The molecule has 0 aromatic rings. The third kappa shape index (κ3) is 19.4. The summed E-state index contributed by atoms with van der Waals surface area (Å²) in [5.41, 5.74) is 0. The molecule has 0 aliphatic heterocycles. The Labute approximate surface area is 129 Å². The maximum atomic E-state index is 2.29. The summed E-state index contributed by atoms with van der Waals surface area (Å²) in [6.07, 6.45) is 20.4. The van der Waals surface area contributed by atoms with Crippen molar-refractivity contribution in [3.05, 3.63) is 0 Å². The van der Waals surface area contributed by atoms with E-state index in [1.807, 2.05) is 0 Å². The molecule has 106 valence electrons. The fourth-order valence-corrected chi connectivity index (χ4v) is 2.27. The van der Waals surface area contributed by atoms with Crippen LogP contribution in [-0.2, 0) is 0 Å². The summed E-state index contributed by atoms with van der Waals surface area (Å²) in [6, 6.07) is 0. The summed E-state index contributed by atoms with van der Waals surface area (Å²) >= 11 is 0. The van der Waals surface area contributed by atoms with Gasteiger partial charge in [0.25, 0.3) is 0 Å². The average molecular weight is 437 g/mol.